The van der Waals surface area contributed by atoms with Gasteiger partial charge in [-0.1, -0.05) is 114 Å². The van der Waals surface area contributed by atoms with Crippen molar-refractivity contribution in [3.63, 3.8) is 0 Å². The lowest BCUT2D eigenvalue weighted by Gasteiger charge is -2.19. The van der Waals surface area contributed by atoms with Crippen molar-refractivity contribution in [2.24, 2.45) is 5.92 Å². The van der Waals surface area contributed by atoms with Crippen LogP contribution < -0.4 is 4.74 Å². The number of carboxylic acid groups (broad SMARTS) is 1. The molecule has 0 bridgehead atoms. The van der Waals surface area contributed by atoms with Crippen molar-refractivity contribution in [2.45, 2.75) is 78.1 Å². The molecular formula is C38H44N2O4. The van der Waals surface area contributed by atoms with Crippen LogP contribution in [0.5, 0.6) is 5.75 Å². The van der Waals surface area contributed by atoms with Gasteiger partial charge >= 0.3 is 5.97 Å². The Kier molecular flexibility index (Phi) is 11.4. The van der Waals surface area contributed by atoms with Gasteiger partial charge in [0.15, 0.2) is 11.6 Å². The summed E-state index contributed by atoms with van der Waals surface area (Å²) in [6, 6.07) is 23.0. The molecule has 1 aromatic heterocycles. The number of carbonyl (C=O) groups excluding carboxylic acids is 1. The van der Waals surface area contributed by atoms with Crippen molar-refractivity contribution in [3.05, 3.63) is 102 Å². The van der Waals surface area contributed by atoms with Crippen LogP contribution in [0.15, 0.2) is 85.2 Å². The first-order chi connectivity index (χ1) is 21.1. The molecule has 230 valence electrons. The quantitative estimate of drug-likeness (QED) is 0.109. The van der Waals surface area contributed by atoms with Gasteiger partial charge < -0.3 is 9.84 Å². The summed E-state index contributed by atoms with van der Waals surface area (Å²) >= 11 is 0. The fourth-order valence-electron chi connectivity index (χ4n) is 5.08. The van der Waals surface area contributed by atoms with Gasteiger partial charge in [-0.05, 0) is 47.1 Å². The molecule has 44 heavy (non-hydrogen) atoms. The molecule has 0 radical (unpaired) electrons. The smallest absolute Gasteiger partial charge is 0.307 e. The first-order valence-electron chi connectivity index (χ1n) is 15.6. The van der Waals surface area contributed by atoms with E-state index in [0.29, 0.717) is 11.4 Å². The predicted octanol–water partition coefficient (Wildman–Crippen LogP) is 8.97. The van der Waals surface area contributed by atoms with Gasteiger partial charge in [0.25, 0.3) is 0 Å². The summed E-state index contributed by atoms with van der Waals surface area (Å²) in [5, 5.41) is 9.84. The molecule has 0 aliphatic heterocycles. The standard InChI is InChI=1S/C38H44N2O4/c1-5-6-7-8-9-22-44-34-20-16-28(17-21-34)32-25-39-36(40-26-32)30-12-10-27(11-13-30)23-31(37(42)43)24-35(41)29-14-18-33(19-15-29)38(2,3)4/h10-21,25-26,31H,5-9,22-24H2,1-4H3,(H,42,43)/t31-/m1/s1. The maximum absolute atomic E-state index is 12.9. The minimum Gasteiger partial charge on any atom is -0.494 e. The zero-order valence-electron chi connectivity index (χ0n) is 26.4. The third-order valence-electron chi connectivity index (χ3n) is 7.90. The van der Waals surface area contributed by atoms with E-state index in [9.17, 15) is 14.7 Å². The van der Waals surface area contributed by atoms with Crippen molar-refractivity contribution in [3.8, 4) is 28.3 Å². The van der Waals surface area contributed by atoms with E-state index in [1.54, 1.807) is 24.5 Å². The normalized spacial score (nSPS) is 12.1. The largest absolute Gasteiger partial charge is 0.494 e. The Morgan fingerprint density at radius 2 is 1.39 bits per heavy atom. The Hall–Kier alpha value is -4.32. The second-order valence-electron chi connectivity index (χ2n) is 12.5. The Morgan fingerprint density at radius 1 is 0.773 bits per heavy atom. The SMILES string of the molecule is CCCCCCCOc1ccc(-c2cnc(-c3ccc(C[C@H](CC(=O)c4ccc(C(C)(C)C)cc4)C(=O)O)cc3)nc2)cc1. The van der Waals surface area contributed by atoms with E-state index in [2.05, 4.69) is 37.7 Å². The molecule has 6 nitrogen and oxygen atoms in total. The number of aromatic nitrogens is 2. The van der Waals surface area contributed by atoms with Gasteiger partial charge in [0.2, 0.25) is 0 Å². The van der Waals surface area contributed by atoms with Crippen LogP contribution in [0.4, 0.5) is 0 Å². The van der Waals surface area contributed by atoms with Crippen molar-refractivity contribution in [2.75, 3.05) is 6.61 Å². The highest BCUT2D eigenvalue weighted by molar-refractivity contribution is 5.98. The summed E-state index contributed by atoms with van der Waals surface area (Å²) in [7, 11) is 0. The first-order valence-corrected chi connectivity index (χ1v) is 15.6. The average molecular weight is 593 g/mol. The summed E-state index contributed by atoms with van der Waals surface area (Å²) in [4.78, 5) is 34.0. The number of rotatable bonds is 15. The summed E-state index contributed by atoms with van der Waals surface area (Å²) in [6.45, 7) is 9.30. The van der Waals surface area contributed by atoms with E-state index >= 15 is 0 Å². The fourth-order valence-corrected chi connectivity index (χ4v) is 5.08. The highest BCUT2D eigenvalue weighted by atomic mass is 16.5. The fraction of sp³-hybridized carbons (Fsp3) is 0.368. The molecule has 0 saturated heterocycles. The number of ether oxygens (including phenoxy) is 1. The maximum atomic E-state index is 12.9. The number of hydrogen-bond acceptors (Lipinski definition) is 5. The lowest BCUT2D eigenvalue weighted by Crippen LogP contribution is -2.20. The third-order valence-corrected chi connectivity index (χ3v) is 7.90. The molecular weight excluding hydrogens is 548 g/mol. The molecule has 0 aliphatic rings. The molecule has 4 aromatic rings. The Labute approximate surface area is 261 Å². The van der Waals surface area contributed by atoms with Gasteiger partial charge in [-0.3, -0.25) is 9.59 Å². The minimum absolute atomic E-state index is 0.0147. The van der Waals surface area contributed by atoms with E-state index in [0.717, 1.165) is 46.6 Å². The van der Waals surface area contributed by atoms with Gasteiger partial charge in [-0.2, -0.15) is 0 Å². The number of Topliss-reactive ketones (excluding diaryl/α,β-unsaturated/α-hetero) is 1. The first kappa shape index (κ1) is 32.6. The summed E-state index contributed by atoms with van der Waals surface area (Å²) in [5.41, 5.74) is 5.27. The molecule has 0 unspecified atom stereocenters. The molecule has 3 aromatic carbocycles. The van der Waals surface area contributed by atoms with E-state index in [1.165, 1.54) is 25.7 Å². The molecule has 0 aliphatic carbocycles. The maximum Gasteiger partial charge on any atom is 0.307 e. The summed E-state index contributed by atoms with van der Waals surface area (Å²) in [5.74, 6) is -0.496. The molecule has 1 N–H and O–H groups in total. The molecule has 0 amide bonds. The van der Waals surface area contributed by atoms with Crippen molar-refractivity contribution >= 4 is 11.8 Å². The molecule has 1 atom stereocenters. The van der Waals surface area contributed by atoms with Crippen LogP contribution in [-0.2, 0) is 16.6 Å². The van der Waals surface area contributed by atoms with E-state index in [1.807, 2.05) is 60.7 Å². The third kappa shape index (κ3) is 9.34. The van der Waals surface area contributed by atoms with Crippen LogP contribution in [0.25, 0.3) is 22.5 Å². The van der Waals surface area contributed by atoms with Crippen LogP contribution in [-0.4, -0.2) is 33.4 Å². The van der Waals surface area contributed by atoms with Crippen LogP contribution in [0, 0.1) is 5.92 Å². The number of hydrogen-bond donors (Lipinski definition) is 1. The zero-order chi connectivity index (χ0) is 31.5. The molecule has 6 heteroatoms. The van der Waals surface area contributed by atoms with Crippen LogP contribution in [0.1, 0.15) is 87.7 Å². The Morgan fingerprint density at radius 3 is 1.98 bits per heavy atom. The Balaban J connectivity index is 1.32. The van der Waals surface area contributed by atoms with Gasteiger partial charge in [-0.15, -0.1) is 0 Å². The van der Waals surface area contributed by atoms with E-state index < -0.39 is 11.9 Å². The Bertz CT molecular complexity index is 1490. The van der Waals surface area contributed by atoms with E-state index in [-0.39, 0.29) is 24.0 Å². The zero-order valence-corrected chi connectivity index (χ0v) is 26.4. The van der Waals surface area contributed by atoms with Gasteiger partial charge in [-0.25, -0.2) is 9.97 Å². The molecule has 0 saturated carbocycles. The number of carboxylic acids is 1. The van der Waals surface area contributed by atoms with Gasteiger partial charge in [0, 0.05) is 35.5 Å². The lowest BCUT2D eigenvalue weighted by atomic mass is 9.86. The molecule has 1 heterocycles. The number of aliphatic carboxylic acids is 1. The van der Waals surface area contributed by atoms with Crippen LogP contribution in [0.3, 0.4) is 0 Å². The van der Waals surface area contributed by atoms with Crippen molar-refractivity contribution in [1.29, 1.82) is 0 Å². The average Bonchev–Trinajstić information content (AvgIpc) is 3.03. The van der Waals surface area contributed by atoms with Gasteiger partial charge in [0.1, 0.15) is 5.75 Å². The van der Waals surface area contributed by atoms with Crippen molar-refractivity contribution < 1.29 is 19.4 Å². The van der Waals surface area contributed by atoms with Crippen molar-refractivity contribution in [1.82, 2.24) is 9.97 Å². The number of ketones is 1. The predicted molar refractivity (Wildman–Crippen MR) is 176 cm³/mol. The lowest BCUT2D eigenvalue weighted by molar-refractivity contribution is -0.141. The molecule has 0 spiro atoms. The topological polar surface area (TPSA) is 89.4 Å². The number of unbranched alkanes of at least 4 members (excludes halogenated alkanes) is 4. The van der Waals surface area contributed by atoms with E-state index in [4.69, 9.17) is 4.74 Å². The monoisotopic (exact) mass is 592 g/mol. The minimum atomic E-state index is -0.977. The summed E-state index contributed by atoms with van der Waals surface area (Å²) in [6.07, 6.45) is 9.89. The molecule has 4 rings (SSSR count). The van der Waals surface area contributed by atoms with Crippen LogP contribution >= 0.6 is 0 Å². The number of carbonyl (C=O) groups is 2. The van der Waals surface area contributed by atoms with Crippen LogP contribution in [0.2, 0.25) is 0 Å². The highest BCUT2D eigenvalue weighted by Crippen LogP contribution is 2.26. The second-order valence-corrected chi connectivity index (χ2v) is 12.5. The summed E-state index contributed by atoms with van der Waals surface area (Å²) < 4.78 is 5.87. The number of benzene rings is 3. The van der Waals surface area contributed by atoms with Gasteiger partial charge in [0.05, 0.1) is 12.5 Å². The highest BCUT2D eigenvalue weighted by Gasteiger charge is 2.23. The number of nitrogens with zero attached hydrogens (tertiary/aromatic N) is 2. The second kappa shape index (κ2) is 15.4. The molecule has 0 fully saturated rings.